The molecule has 2 amide bonds. The highest BCUT2D eigenvalue weighted by Gasteiger charge is 2.26. The zero-order chi connectivity index (χ0) is 15.5. The summed E-state index contributed by atoms with van der Waals surface area (Å²) >= 11 is 3.56. The maximum Gasteiger partial charge on any atom is 0.255 e. The van der Waals surface area contributed by atoms with Crippen molar-refractivity contribution >= 4 is 34.9 Å². The first-order chi connectivity index (χ1) is 10.7. The molecule has 0 fully saturated rings. The first-order valence-electron chi connectivity index (χ1n) is 7.05. The number of hydrogen-bond donors (Lipinski definition) is 2. The van der Waals surface area contributed by atoms with Gasteiger partial charge in [-0.15, -0.1) is 11.3 Å². The fraction of sp³-hybridized carbons (Fsp3) is 0.333. The number of nitrogens with one attached hydrogen (secondary N) is 2. The molecule has 5 nitrogen and oxygen atoms in total. The molecule has 0 saturated heterocycles. The number of hydrogen-bond acceptors (Lipinski definition) is 4. The van der Waals surface area contributed by atoms with Gasteiger partial charge >= 0.3 is 0 Å². The van der Waals surface area contributed by atoms with Crippen LogP contribution in [0.15, 0.2) is 24.5 Å². The minimum atomic E-state index is -0.199. The number of carbonyl (C=O) groups excluding carboxylic acids is 2. The number of thiophene rings is 1. The number of fused-ring (bicyclic) bond motifs is 1. The standard InChI is InChI=1S/C15H17N3O2S2/c1-16-12(19)8-17-14(20)13-10-4-7-21-9-11(10)22-15(13)18-5-2-3-6-18/h2-3,5-6H,4,7-9H2,1H3,(H,16,19)(H,17,20). The summed E-state index contributed by atoms with van der Waals surface area (Å²) in [6.45, 7) is -0.000177. The zero-order valence-electron chi connectivity index (χ0n) is 12.2. The topological polar surface area (TPSA) is 63.1 Å². The summed E-state index contributed by atoms with van der Waals surface area (Å²) in [5.74, 6) is 1.62. The zero-order valence-corrected chi connectivity index (χ0v) is 13.9. The number of thioether (sulfide) groups is 1. The summed E-state index contributed by atoms with van der Waals surface area (Å²) < 4.78 is 1.97. The van der Waals surface area contributed by atoms with Gasteiger partial charge in [0.15, 0.2) is 0 Å². The molecule has 7 heteroatoms. The van der Waals surface area contributed by atoms with E-state index in [9.17, 15) is 9.59 Å². The summed E-state index contributed by atoms with van der Waals surface area (Å²) in [5.41, 5.74) is 1.86. The van der Waals surface area contributed by atoms with Gasteiger partial charge in [-0.2, -0.15) is 11.8 Å². The van der Waals surface area contributed by atoms with Crippen LogP contribution in [0.3, 0.4) is 0 Å². The van der Waals surface area contributed by atoms with Gasteiger partial charge in [0.05, 0.1) is 12.1 Å². The second-order valence-electron chi connectivity index (χ2n) is 4.93. The van der Waals surface area contributed by atoms with E-state index in [0.717, 1.165) is 34.1 Å². The largest absolute Gasteiger partial charge is 0.358 e. The number of amides is 2. The number of carbonyl (C=O) groups is 2. The van der Waals surface area contributed by atoms with Gasteiger partial charge < -0.3 is 15.2 Å². The molecule has 22 heavy (non-hydrogen) atoms. The van der Waals surface area contributed by atoms with Gasteiger partial charge in [0.25, 0.3) is 5.91 Å². The van der Waals surface area contributed by atoms with Gasteiger partial charge in [-0.25, -0.2) is 0 Å². The van der Waals surface area contributed by atoms with E-state index >= 15 is 0 Å². The highest BCUT2D eigenvalue weighted by molar-refractivity contribution is 7.98. The molecule has 0 atom stereocenters. The van der Waals surface area contributed by atoms with E-state index in [2.05, 4.69) is 10.6 Å². The van der Waals surface area contributed by atoms with Crippen molar-refractivity contribution in [2.24, 2.45) is 0 Å². The summed E-state index contributed by atoms with van der Waals surface area (Å²) in [6.07, 6.45) is 4.79. The van der Waals surface area contributed by atoms with Crippen molar-refractivity contribution in [3.63, 3.8) is 0 Å². The molecule has 0 radical (unpaired) electrons. The van der Waals surface area contributed by atoms with Crippen LogP contribution in [-0.4, -0.2) is 35.7 Å². The van der Waals surface area contributed by atoms with Crippen LogP contribution in [0.2, 0.25) is 0 Å². The molecule has 1 aliphatic heterocycles. The Labute approximate surface area is 137 Å². The van der Waals surface area contributed by atoms with Crippen molar-refractivity contribution in [1.29, 1.82) is 0 Å². The normalized spacial score (nSPS) is 13.5. The van der Waals surface area contributed by atoms with Crippen molar-refractivity contribution in [3.05, 3.63) is 40.5 Å². The third kappa shape index (κ3) is 2.91. The Morgan fingerprint density at radius 1 is 1.32 bits per heavy atom. The van der Waals surface area contributed by atoms with E-state index in [1.807, 2.05) is 40.9 Å². The Bertz CT molecular complexity index is 692. The van der Waals surface area contributed by atoms with Gasteiger partial charge in [0.2, 0.25) is 5.91 Å². The summed E-state index contributed by atoms with van der Waals surface area (Å²) in [6, 6.07) is 3.89. The monoisotopic (exact) mass is 335 g/mol. The lowest BCUT2D eigenvalue weighted by Crippen LogP contribution is -2.35. The van der Waals surface area contributed by atoms with Crippen LogP contribution < -0.4 is 10.6 Å². The van der Waals surface area contributed by atoms with Gasteiger partial charge in [0, 0.05) is 30.1 Å². The van der Waals surface area contributed by atoms with Gasteiger partial charge in [-0.1, -0.05) is 0 Å². The van der Waals surface area contributed by atoms with Crippen molar-refractivity contribution in [3.8, 4) is 5.00 Å². The number of nitrogens with zero attached hydrogens (tertiary/aromatic N) is 1. The molecule has 2 N–H and O–H groups in total. The van der Waals surface area contributed by atoms with Gasteiger partial charge in [-0.05, 0) is 29.9 Å². The van der Waals surface area contributed by atoms with Gasteiger partial charge in [-0.3, -0.25) is 9.59 Å². The first-order valence-corrected chi connectivity index (χ1v) is 9.02. The highest BCUT2D eigenvalue weighted by atomic mass is 32.2. The Morgan fingerprint density at radius 3 is 2.82 bits per heavy atom. The molecule has 2 aromatic rings. The predicted octanol–water partition coefficient (Wildman–Crippen LogP) is 1.80. The molecule has 0 aliphatic carbocycles. The van der Waals surface area contributed by atoms with Crippen LogP contribution in [0.4, 0.5) is 0 Å². The van der Waals surface area contributed by atoms with E-state index in [1.54, 1.807) is 18.4 Å². The molecular formula is C15H17N3O2S2. The third-order valence-corrected chi connectivity index (χ3v) is 5.97. The van der Waals surface area contributed by atoms with Crippen LogP contribution >= 0.6 is 23.1 Å². The molecule has 0 bridgehead atoms. The third-order valence-electron chi connectivity index (χ3n) is 3.56. The van der Waals surface area contributed by atoms with E-state index in [4.69, 9.17) is 0 Å². The molecule has 0 saturated carbocycles. The Balaban J connectivity index is 1.95. The summed E-state index contributed by atoms with van der Waals surface area (Å²) in [4.78, 5) is 25.2. The van der Waals surface area contributed by atoms with E-state index in [-0.39, 0.29) is 18.4 Å². The lowest BCUT2D eigenvalue weighted by molar-refractivity contribution is -0.119. The average molecular weight is 335 g/mol. The highest BCUT2D eigenvalue weighted by Crippen LogP contribution is 2.38. The minimum absolute atomic E-state index is 0.000177. The van der Waals surface area contributed by atoms with Crippen molar-refractivity contribution in [2.45, 2.75) is 12.2 Å². The second-order valence-corrected chi connectivity index (χ2v) is 7.12. The molecule has 2 aromatic heterocycles. The fourth-order valence-electron chi connectivity index (χ4n) is 2.44. The van der Waals surface area contributed by atoms with Crippen molar-refractivity contribution in [1.82, 2.24) is 15.2 Å². The molecule has 0 aromatic carbocycles. The lowest BCUT2D eigenvalue weighted by Gasteiger charge is -2.13. The van der Waals surface area contributed by atoms with E-state index in [0.29, 0.717) is 0 Å². The second kappa shape index (κ2) is 6.58. The molecule has 3 rings (SSSR count). The van der Waals surface area contributed by atoms with Crippen molar-refractivity contribution < 1.29 is 9.59 Å². The molecule has 0 unspecified atom stereocenters. The predicted molar refractivity (Wildman–Crippen MR) is 89.9 cm³/mol. The first kappa shape index (κ1) is 15.2. The minimum Gasteiger partial charge on any atom is -0.358 e. The van der Waals surface area contributed by atoms with E-state index < -0.39 is 0 Å². The number of likely N-dealkylation sites (N-methyl/N-ethyl adjacent to an activating group) is 1. The lowest BCUT2D eigenvalue weighted by atomic mass is 10.1. The van der Waals surface area contributed by atoms with Crippen LogP contribution in [-0.2, 0) is 17.0 Å². The number of rotatable bonds is 4. The molecule has 0 spiro atoms. The van der Waals surface area contributed by atoms with Crippen LogP contribution in [0.1, 0.15) is 20.8 Å². The maximum atomic E-state index is 12.6. The molecule has 3 heterocycles. The van der Waals surface area contributed by atoms with Crippen LogP contribution in [0, 0.1) is 0 Å². The van der Waals surface area contributed by atoms with Crippen LogP contribution in [0.25, 0.3) is 5.00 Å². The Hall–Kier alpha value is -1.73. The van der Waals surface area contributed by atoms with Crippen molar-refractivity contribution in [2.75, 3.05) is 19.3 Å². The molecular weight excluding hydrogens is 318 g/mol. The molecule has 116 valence electrons. The smallest absolute Gasteiger partial charge is 0.255 e. The Morgan fingerprint density at radius 2 is 2.09 bits per heavy atom. The van der Waals surface area contributed by atoms with Gasteiger partial charge in [0.1, 0.15) is 5.00 Å². The number of aromatic nitrogens is 1. The summed E-state index contributed by atoms with van der Waals surface area (Å²) in [5, 5.41) is 6.17. The SMILES string of the molecule is CNC(=O)CNC(=O)c1c(-n2cccc2)sc2c1CCSC2. The molecule has 1 aliphatic rings. The Kier molecular flexibility index (Phi) is 4.54. The average Bonchev–Trinajstić information content (AvgIpc) is 3.18. The van der Waals surface area contributed by atoms with Crippen LogP contribution in [0.5, 0.6) is 0 Å². The van der Waals surface area contributed by atoms with E-state index in [1.165, 1.54) is 4.88 Å². The fourth-order valence-corrected chi connectivity index (χ4v) is 4.89. The quantitative estimate of drug-likeness (QED) is 0.896. The maximum absolute atomic E-state index is 12.6. The summed E-state index contributed by atoms with van der Waals surface area (Å²) in [7, 11) is 1.56.